The molecule has 0 aromatic heterocycles. The van der Waals surface area contributed by atoms with Gasteiger partial charge in [-0.2, -0.15) is 0 Å². The molecule has 1 aromatic rings. The van der Waals surface area contributed by atoms with Crippen molar-refractivity contribution in [3.63, 3.8) is 0 Å². The van der Waals surface area contributed by atoms with Crippen LogP contribution in [0.1, 0.15) is 55.5 Å². The minimum Gasteiger partial charge on any atom is -0.357 e. The topological polar surface area (TPSA) is 56.7 Å². The second kappa shape index (κ2) is 13.0. The predicted octanol–water partition coefficient (Wildman–Crippen LogP) is 3.93. The molecule has 1 aliphatic carbocycles. The largest absolute Gasteiger partial charge is 0.357 e. The zero-order chi connectivity index (χ0) is 19.6. The fourth-order valence-corrected chi connectivity index (χ4v) is 3.73. The van der Waals surface area contributed by atoms with Gasteiger partial charge in [0.25, 0.3) is 5.91 Å². The number of benzene rings is 1. The van der Waals surface area contributed by atoms with Crippen LogP contribution in [-0.2, 0) is 6.42 Å². The van der Waals surface area contributed by atoms with Crippen LogP contribution in [0.5, 0.6) is 0 Å². The molecular weight excluding hydrogens is 463 g/mol. The van der Waals surface area contributed by atoms with Crippen LogP contribution in [0.25, 0.3) is 0 Å². The Bertz CT molecular complexity index is 633. The van der Waals surface area contributed by atoms with E-state index < -0.39 is 0 Å². The molecule has 2 rings (SSSR count). The Morgan fingerprint density at radius 1 is 1.25 bits per heavy atom. The lowest BCUT2D eigenvalue weighted by molar-refractivity contribution is 0.0827. The number of rotatable bonds is 7. The van der Waals surface area contributed by atoms with Crippen LogP contribution in [0.2, 0.25) is 0 Å². The Labute approximate surface area is 187 Å². The highest BCUT2D eigenvalue weighted by molar-refractivity contribution is 14.0. The van der Waals surface area contributed by atoms with Crippen LogP contribution in [0.15, 0.2) is 29.3 Å². The molecule has 2 N–H and O–H groups in total. The van der Waals surface area contributed by atoms with Gasteiger partial charge < -0.3 is 15.5 Å². The molecule has 158 valence electrons. The van der Waals surface area contributed by atoms with Gasteiger partial charge in [-0.1, -0.05) is 31.9 Å². The average Bonchev–Trinajstić information content (AvgIpc) is 2.65. The molecule has 1 amide bonds. The molecule has 1 fully saturated rings. The number of hydrogen-bond acceptors (Lipinski definition) is 2. The third-order valence-corrected chi connectivity index (χ3v) is 5.18. The molecule has 5 nitrogen and oxygen atoms in total. The number of amides is 1. The smallest absolute Gasteiger partial charge is 0.253 e. The van der Waals surface area contributed by atoms with Gasteiger partial charge in [-0.3, -0.25) is 9.79 Å². The fraction of sp³-hybridized carbons (Fsp3) is 0.636. The summed E-state index contributed by atoms with van der Waals surface area (Å²) in [5.41, 5.74) is 1.90. The Morgan fingerprint density at radius 2 is 2.04 bits per heavy atom. The fourth-order valence-electron chi connectivity index (χ4n) is 3.73. The van der Waals surface area contributed by atoms with E-state index >= 15 is 0 Å². The monoisotopic (exact) mass is 500 g/mol. The van der Waals surface area contributed by atoms with Crippen LogP contribution in [0.4, 0.5) is 0 Å². The number of halogens is 1. The summed E-state index contributed by atoms with van der Waals surface area (Å²) in [5.74, 6) is 2.50. The van der Waals surface area contributed by atoms with Crippen molar-refractivity contribution < 1.29 is 4.79 Å². The molecule has 0 heterocycles. The summed E-state index contributed by atoms with van der Waals surface area (Å²) in [7, 11) is 3.56. The first kappa shape index (κ1) is 24.7. The number of hydrogen-bond donors (Lipinski definition) is 2. The number of guanidine groups is 1. The van der Waals surface area contributed by atoms with E-state index in [0.29, 0.717) is 0 Å². The first-order valence-electron chi connectivity index (χ1n) is 10.3. The number of nitrogens with zero attached hydrogens (tertiary/aromatic N) is 2. The highest BCUT2D eigenvalue weighted by Gasteiger charge is 2.18. The number of nitrogens with one attached hydrogen (secondary N) is 2. The third kappa shape index (κ3) is 8.37. The van der Waals surface area contributed by atoms with E-state index in [2.05, 4.69) is 30.5 Å². The molecule has 6 heteroatoms. The lowest BCUT2D eigenvalue weighted by Gasteiger charge is -2.25. The first-order valence-corrected chi connectivity index (χ1v) is 10.3. The van der Waals surface area contributed by atoms with Gasteiger partial charge >= 0.3 is 0 Å². The van der Waals surface area contributed by atoms with Crippen LogP contribution in [-0.4, -0.2) is 50.5 Å². The molecule has 1 aromatic carbocycles. The van der Waals surface area contributed by atoms with Crippen molar-refractivity contribution in [1.29, 1.82) is 0 Å². The van der Waals surface area contributed by atoms with E-state index in [-0.39, 0.29) is 29.9 Å². The van der Waals surface area contributed by atoms with Gasteiger partial charge in [0, 0.05) is 39.3 Å². The van der Waals surface area contributed by atoms with Crippen molar-refractivity contribution in [1.82, 2.24) is 15.5 Å². The summed E-state index contributed by atoms with van der Waals surface area (Å²) < 4.78 is 0. The molecule has 0 saturated heterocycles. The minimum atomic E-state index is 0. The van der Waals surface area contributed by atoms with E-state index in [1.165, 1.54) is 25.7 Å². The lowest BCUT2D eigenvalue weighted by atomic mass is 9.82. The van der Waals surface area contributed by atoms with Crippen molar-refractivity contribution in [2.24, 2.45) is 16.8 Å². The highest BCUT2D eigenvalue weighted by atomic mass is 127. The number of carbonyl (C=O) groups excluding carboxylic acids is 1. The van der Waals surface area contributed by atoms with Gasteiger partial charge in [0.2, 0.25) is 0 Å². The van der Waals surface area contributed by atoms with Crippen LogP contribution < -0.4 is 10.6 Å². The number of aliphatic imine (C=N–C) groups is 1. The van der Waals surface area contributed by atoms with Gasteiger partial charge in [0.05, 0.1) is 0 Å². The zero-order valence-electron chi connectivity index (χ0n) is 17.8. The summed E-state index contributed by atoms with van der Waals surface area (Å²) in [5, 5.41) is 6.78. The average molecular weight is 500 g/mol. The van der Waals surface area contributed by atoms with Crippen molar-refractivity contribution in [3.05, 3.63) is 35.4 Å². The quantitative estimate of drug-likeness (QED) is 0.339. The maximum atomic E-state index is 12.1. The summed E-state index contributed by atoms with van der Waals surface area (Å²) in [6, 6.07) is 7.88. The molecular formula is C22H37IN4O. The van der Waals surface area contributed by atoms with Crippen molar-refractivity contribution >= 4 is 35.8 Å². The lowest BCUT2D eigenvalue weighted by Crippen LogP contribution is -2.38. The summed E-state index contributed by atoms with van der Waals surface area (Å²) in [6.45, 7) is 7.02. The molecule has 2 unspecified atom stereocenters. The Hall–Kier alpha value is -1.31. The second-order valence-corrected chi connectivity index (χ2v) is 7.93. The molecule has 2 atom stereocenters. The summed E-state index contributed by atoms with van der Waals surface area (Å²) in [4.78, 5) is 18.5. The minimum absolute atomic E-state index is 0. The van der Waals surface area contributed by atoms with Gasteiger partial charge in [-0.25, -0.2) is 0 Å². The van der Waals surface area contributed by atoms with Gasteiger partial charge in [-0.05, 0) is 55.7 Å². The standard InChI is InChI=1S/C22H36N4O.HI/c1-5-23-22(25-16-19-10-6-8-17(2)14-19)24-13-12-18-9-7-11-20(15-18)21(27)26(3)4;/h7,9,11,15,17,19H,5-6,8,10,12-14,16H2,1-4H3,(H2,23,24,25);1H. The van der Waals surface area contributed by atoms with Crippen LogP contribution in [0.3, 0.4) is 0 Å². The van der Waals surface area contributed by atoms with Crippen molar-refractivity contribution in [2.75, 3.05) is 33.7 Å². The van der Waals surface area contributed by atoms with Crippen molar-refractivity contribution in [3.8, 4) is 0 Å². The predicted molar refractivity (Wildman–Crippen MR) is 129 cm³/mol. The number of carbonyl (C=O) groups is 1. The van der Waals surface area contributed by atoms with Crippen molar-refractivity contribution in [2.45, 2.75) is 46.0 Å². The molecule has 0 bridgehead atoms. The van der Waals surface area contributed by atoms with E-state index in [1.807, 2.05) is 18.2 Å². The van der Waals surface area contributed by atoms with E-state index in [0.717, 1.165) is 55.0 Å². The van der Waals surface area contributed by atoms with E-state index in [1.54, 1.807) is 19.0 Å². The maximum Gasteiger partial charge on any atom is 0.253 e. The van der Waals surface area contributed by atoms with E-state index in [4.69, 9.17) is 4.99 Å². The first-order chi connectivity index (χ1) is 13.0. The Kier molecular flexibility index (Phi) is 11.5. The third-order valence-electron chi connectivity index (χ3n) is 5.18. The highest BCUT2D eigenvalue weighted by Crippen LogP contribution is 2.28. The molecule has 1 saturated carbocycles. The van der Waals surface area contributed by atoms with E-state index in [9.17, 15) is 4.79 Å². The molecule has 0 radical (unpaired) electrons. The molecule has 0 spiro atoms. The Balaban J connectivity index is 0.00000392. The van der Waals surface area contributed by atoms with Crippen LogP contribution in [0, 0.1) is 11.8 Å². The molecule has 1 aliphatic rings. The Morgan fingerprint density at radius 3 is 2.71 bits per heavy atom. The second-order valence-electron chi connectivity index (χ2n) is 7.93. The molecule has 28 heavy (non-hydrogen) atoms. The summed E-state index contributed by atoms with van der Waals surface area (Å²) >= 11 is 0. The zero-order valence-corrected chi connectivity index (χ0v) is 20.2. The summed E-state index contributed by atoms with van der Waals surface area (Å²) in [6.07, 6.45) is 6.18. The normalized spacial score (nSPS) is 19.5. The van der Waals surface area contributed by atoms with Gasteiger partial charge in [0.1, 0.15) is 0 Å². The van der Waals surface area contributed by atoms with Gasteiger partial charge in [-0.15, -0.1) is 24.0 Å². The SMILES string of the molecule is CCNC(=NCC1CCCC(C)C1)NCCc1cccc(C(=O)N(C)C)c1.I. The molecule has 0 aliphatic heterocycles. The maximum absolute atomic E-state index is 12.1. The van der Waals surface area contributed by atoms with Gasteiger partial charge in [0.15, 0.2) is 5.96 Å². The van der Waals surface area contributed by atoms with Crippen LogP contribution >= 0.6 is 24.0 Å².